The standard InChI is InChI=1S/C26H19Cl4N7O/c1-14(16-8-11-19(28)21(30)12-16)31-26(38)24-18(13-23-32-35-36-33-23)25(15-6-9-17(27)10-7-15)37(34-24)22-5-3-2-4-20(22)29/h2-12,14H,13H2,1H3,(H,31,38)(H,32,33,35,36)/t14-/m1/s1. The molecule has 38 heavy (non-hydrogen) atoms. The number of hydrogen-bond donors (Lipinski definition) is 2. The van der Waals surface area contributed by atoms with Gasteiger partial charge in [-0.2, -0.15) is 10.3 Å². The maximum Gasteiger partial charge on any atom is 0.272 e. The fraction of sp³-hybridized carbons (Fsp3) is 0.115. The van der Waals surface area contributed by atoms with E-state index >= 15 is 0 Å². The predicted octanol–water partition coefficient (Wildman–Crippen LogP) is 6.75. The predicted molar refractivity (Wildman–Crippen MR) is 148 cm³/mol. The Morgan fingerprint density at radius 2 is 1.74 bits per heavy atom. The third-order valence-electron chi connectivity index (χ3n) is 5.91. The van der Waals surface area contributed by atoms with E-state index in [1.54, 1.807) is 41.1 Å². The third-order valence-corrected chi connectivity index (χ3v) is 7.22. The fourth-order valence-corrected chi connectivity index (χ4v) is 4.70. The Labute approximate surface area is 237 Å². The molecule has 2 N–H and O–H groups in total. The molecule has 0 spiro atoms. The van der Waals surface area contributed by atoms with Gasteiger partial charge in [0.05, 0.1) is 32.5 Å². The number of aromatic amines is 1. The maximum absolute atomic E-state index is 13.7. The number of nitrogens with zero attached hydrogens (tertiary/aromatic N) is 5. The van der Waals surface area contributed by atoms with Crippen molar-refractivity contribution < 1.29 is 4.79 Å². The van der Waals surface area contributed by atoms with Crippen LogP contribution in [0.3, 0.4) is 0 Å². The molecule has 0 fully saturated rings. The molecule has 5 aromatic rings. The van der Waals surface area contributed by atoms with Gasteiger partial charge in [-0.1, -0.05) is 81.9 Å². The largest absolute Gasteiger partial charge is 0.344 e. The first-order valence-electron chi connectivity index (χ1n) is 11.4. The van der Waals surface area contributed by atoms with Crippen molar-refractivity contribution in [2.24, 2.45) is 0 Å². The highest BCUT2D eigenvalue weighted by atomic mass is 35.5. The van der Waals surface area contributed by atoms with E-state index in [4.69, 9.17) is 51.5 Å². The van der Waals surface area contributed by atoms with Crippen molar-refractivity contribution in [3.8, 4) is 16.9 Å². The molecular weight excluding hydrogens is 568 g/mol. The average Bonchev–Trinajstić information content (AvgIpc) is 3.55. The van der Waals surface area contributed by atoms with Crippen LogP contribution in [0.1, 0.15) is 40.4 Å². The Kier molecular flexibility index (Phi) is 7.67. The topological polar surface area (TPSA) is 101 Å². The van der Waals surface area contributed by atoms with Gasteiger partial charge in [0.15, 0.2) is 11.5 Å². The highest BCUT2D eigenvalue weighted by molar-refractivity contribution is 6.42. The number of halogens is 4. The molecular formula is C26H19Cl4N7O. The summed E-state index contributed by atoms with van der Waals surface area (Å²) in [5.74, 6) is -0.00594. The summed E-state index contributed by atoms with van der Waals surface area (Å²) in [6.45, 7) is 1.85. The Morgan fingerprint density at radius 3 is 2.42 bits per heavy atom. The van der Waals surface area contributed by atoms with E-state index in [-0.39, 0.29) is 18.2 Å². The molecule has 0 radical (unpaired) electrons. The summed E-state index contributed by atoms with van der Waals surface area (Å²) >= 11 is 25.0. The Hall–Kier alpha value is -3.43. The highest BCUT2D eigenvalue weighted by Crippen LogP contribution is 2.34. The van der Waals surface area contributed by atoms with Crippen LogP contribution in [0.2, 0.25) is 20.1 Å². The van der Waals surface area contributed by atoms with Crippen LogP contribution < -0.4 is 5.32 Å². The van der Waals surface area contributed by atoms with Gasteiger partial charge in [-0.05, 0) is 48.9 Å². The van der Waals surface area contributed by atoms with Crippen LogP contribution in [-0.4, -0.2) is 36.3 Å². The van der Waals surface area contributed by atoms with Gasteiger partial charge in [0.1, 0.15) is 0 Å². The SMILES string of the molecule is C[C@@H](NC(=O)c1nn(-c2ccccc2Cl)c(-c2ccc(Cl)cc2)c1Cc1nn[nH]n1)c1ccc(Cl)c(Cl)c1. The van der Waals surface area contributed by atoms with E-state index in [0.29, 0.717) is 42.9 Å². The van der Waals surface area contributed by atoms with Crippen LogP contribution >= 0.6 is 46.4 Å². The second-order valence-corrected chi connectivity index (χ2v) is 10.1. The number of carbonyl (C=O) groups excluding carboxylic acids is 1. The van der Waals surface area contributed by atoms with Gasteiger partial charge in [0, 0.05) is 22.6 Å². The normalized spacial score (nSPS) is 11.9. The summed E-state index contributed by atoms with van der Waals surface area (Å²) < 4.78 is 1.65. The molecule has 2 heterocycles. The van der Waals surface area contributed by atoms with Crippen molar-refractivity contribution in [1.29, 1.82) is 0 Å². The molecule has 0 saturated carbocycles. The molecule has 0 aliphatic carbocycles. The van der Waals surface area contributed by atoms with Crippen LogP contribution in [-0.2, 0) is 6.42 Å². The first kappa shape index (κ1) is 26.2. The summed E-state index contributed by atoms with van der Waals surface area (Å²) in [5, 5.41) is 23.9. The van der Waals surface area contributed by atoms with E-state index in [1.807, 2.05) is 37.3 Å². The smallest absolute Gasteiger partial charge is 0.272 e. The minimum Gasteiger partial charge on any atom is -0.344 e. The van der Waals surface area contributed by atoms with Gasteiger partial charge in [-0.3, -0.25) is 4.79 Å². The van der Waals surface area contributed by atoms with Gasteiger partial charge in [0.2, 0.25) is 0 Å². The lowest BCUT2D eigenvalue weighted by atomic mass is 10.0. The van der Waals surface area contributed by atoms with Gasteiger partial charge < -0.3 is 5.32 Å². The third kappa shape index (κ3) is 5.39. The second-order valence-electron chi connectivity index (χ2n) is 8.42. The summed E-state index contributed by atoms with van der Waals surface area (Å²) in [4.78, 5) is 13.7. The zero-order chi connectivity index (χ0) is 26.8. The molecule has 0 saturated heterocycles. The quantitative estimate of drug-likeness (QED) is 0.220. The molecule has 5 rings (SSSR count). The van der Waals surface area contributed by atoms with Crippen LogP contribution in [0.25, 0.3) is 16.9 Å². The molecule has 0 aliphatic heterocycles. The van der Waals surface area contributed by atoms with E-state index in [1.165, 1.54) is 0 Å². The summed E-state index contributed by atoms with van der Waals surface area (Å²) in [5.41, 5.74) is 3.59. The molecule has 1 amide bonds. The van der Waals surface area contributed by atoms with Crippen molar-refractivity contribution in [3.63, 3.8) is 0 Å². The van der Waals surface area contributed by atoms with Gasteiger partial charge in [0.25, 0.3) is 5.91 Å². The summed E-state index contributed by atoms with van der Waals surface area (Å²) in [6, 6.07) is 19.3. The first-order valence-corrected chi connectivity index (χ1v) is 12.9. The molecule has 8 nitrogen and oxygen atoms in total. The van der Waals surface area contributed by atoms with E-state index in [9.17, 15) is 4.79 Å². The second kappa shape index (κ2) is 11.1. The van der Waals surface area contributed by atoms with Gasteiger partial charge in [-0.25, -0.2) is 4.68 Å². The Bertz CT molecular complexity index is 1600. The number of H-pyrrole nitrogens is 1. The van der Waals surface area contributed by atoms with Crippen LogP contribution in [0.5, 0.6) is 0 Å². The number of hydrogen-bond acceptors (Lipinski definition) is 5. The van der Waals surface area contributed by atoms with Crippen molar-refractivity contribution in [3.05, 3.63) is 109 Å². The summed E-state index contributed by atoms with van der Waals surface area (Å²) in [6.07, 6.45) is 0.183. The molecule has 1 atom stereocenters. The number of nitrogens with one attached hydrogen (secondary N) is 2. The van der Waals surface area contributed by atoms with Gasteiger partial charge >= 0.3 is 0 Å². The molecule has 0 aliphatic rings. The minimum atomic E-state index is -0.400. The molecule has 192 valence electrons. The van der Waals surface area contributed by atoms with Gasteiger partial charge in [-0.15, -0.1) is 10.2 Å². The van der Waals surface area contributed by atoms with Crippen LogP contribution in [0.4, 0.5) is 0 Å². The van der Waals surface area contributed by atoms with Crippen LogP contribution in [0, 0.1) is 0 Å². The lowest BCUT2D eigenvalue weighted by molar-refractivity contribution is 0.0933. The van der Waals surface area contributed by atoms with Crippen molar-refractivity contribution in [2.75, 3.05) is 0 Å². The Balaban J connectivity index is 1.65. The van der Waals surface area contributed by atoms with Crippen LogP contribution in [0.15, 0.2) is 66.7 Å². The van der Waals surface area contributed by atoms with Crippen molar-refractivity contribution in [1.82, 2.24) is 35.7 Å². The van der Waals surface area contributed by atoms with Crippen molar-refractivity contribution >= 4 is 52.3 Å². The molecule has 0 bridgehead atoms. The lowest BCUT2D eigenvalue weighted by Gasteiger charge is -2.15. The first-order chi connectivity index (χ1) is 18.3. The van der Waals surface area contributed by atoms with E-state index in [0.717, 1.165) is 11.1 Å². The highest BCUT2D eigenvalue weighted by Gasteiger charge is 2.27. The molecule has 0 unspecified atom stereocenters. The number of para-hydroxylation sites is 1. The maximum atomic E-state index is 13.7. The number of rotatable bonds is 7. The average molecular weight is 587 g/mol. The minimum absolute atomic E-state index is 0.183. The zero-order valence-electron chi connectivity index (χ0n) is 19.8. The monoisotopic (exact) mass is 585 g/mol. The lowest BCUT2D eigenvalue weighted by Crippen LogP contribution is -2.28. The number of carbonyl (C=O) groups is 1. The van der Waals surface area contributed by atoms with Crippen molar-refractivity contribution in [2.45, 2.75) is 19.4 Å². The number of tetrazole rings is 1. The number of amides is 1. The molecule has 2 aromatic heterocycles. The number of aromatic nitrogens is 6. The number of benzene rings is 3. The van der Waals surface area contributed by atoms with E-state index < -0.39 is 5.91 Å². The summed E-state index contributed by atoms with van der Waals surface area (Å²) in [7, 11) is 0. The van der Waals surface area contributed by atoms with E-state index in [2.05, 4.69) is 25.9 Å². The molecule has 12 heteroatoms. The fourth-order valence-electron chi connectivity index (χ4n) is 4.05. The Morgan fingerprint density at radius 1 is 0.974 bits per heavy atom. The molecule has 3 aromatic carbocycles. The zero-order valence-corrected chi connectivity index (χ0v) is 22.8.